The smallest absolute Gasteiger partial charge is 0.312 e. The van der Waals surface area contributed by atoms with E-state index in [1.807, 2.05) is 37.3 Å². The molecule has 1 aliphatic carbocycles. The zero-order valence-corrected chi connectivity index (χ0v) is 11.4. The van der Waals surface area contributed by atoms with Crippen LogP contribution in [0.3, 0.4) is 0 Å². The fourth-order valence-electron chi connectivity index (χ4n) is 2.43. The van der Waals surface area contributed by atoms with Crippen molar-refractivity contribution in [1.82, 2.24) is 0 Å². The minimum atomic E-state index is -0.256. The normalized spacial score (nSPS) is 23.3. The summed E-state index contributed by atoms with van der Waals surface area (Å²) in [6, 6.07) is 7.96. The van der Waals surface area contributed by atoms with Gasteiger partial charge in [0.2, 0.25) is 0 Å². The first-order chi connectivity index (χ1) is 9.11. The molecule has 102 valence electrons. The zero-order valence-electron chi connectivity index (χ0n) is 11.4. The summed E-state index contributed by atoms with van der Waals surface area (Å²) < 4.78 is 4.74. The lowest BCUT2D eigenvalue weighted by Crippen LogP contribution is -2.16. The van der Waals surface area contributed by atoms with Gasteiger partial charge in [-0.15, -0.1) is 0 Å². The number of benzene rings is 1. The van der Waals surface area contributed by atoms with Gasteiger partial charge in [-0.3, -0.25) is 4.79 Å². The summed E-state index contributed by atoms with van der Waals surface area (Å²) in [4.78, 5) is 11.5. The van der Waals surface area contributed by atoms with Crippen molar-refractivity contribution in [2.75, 3.05) is 7.11 Å². The molecule has 3 heteroatoms. The van der Waals surface area contributed by atoms with E-state index in [1.165, 1.54) is 12.7 Å². The third kappa shape index (κ3) is 3.24. The first-order valence-electron chi connectivity index (χ1n) is 6.63. The monoisotopic (exact) mass is 260 g/mol. The van der Waals surface area contributed by atoms with Crippen molar-refractivity contribution in [3.05, 3.63) is 47.5 Å². The molecule has 0 spiro atoms. The van der Waals surface area contributed by atoms with E-state index in [9.17, 15) is 9.90 Å². The van der Waals surface area contributed by atoms with Crippen LogP contribution in [0.25, 0.3) is 0 Å². The van der Waals surface area contributed by atoms with Crippen molar-refractivity contribution in [2.45, 2.75) is 31.8 Å². The largest absolute Gasteiger partial charge is 0.469 e. The van der Waals surface area contributed by atoms with E-state index in [1.54, 1.807) is 0 Å². The quantitative estimate of drug-likeness (QED) is 0.668. The SMILES string of the molecule is COC(=O)C(C)c1ccc(CC2C=CCC2O)cc1. The van der Waals surface area contributed by atoms with Crippen molar-refractivity contribution in [3.63, 3.8) is 0 Å². The maximum absolute atomic E-state index is 11.5. The molecule has 1 N–H and O–H groups in total. The molecule has 0 radical (unpaired) electrons. The van der Waals surface area contributed by atoms with E-state index in [2.05, 4.69) is 6.08 Å². The molecule has 3 unspecified atom stereocenters. The summed E-state index contributed by atoms with van der Waals surface area (Å²) in [6.07, 6.45) is 5.44. The zero-order chi connectivity index (χ0) is 13.8. The molecule has 0 saturated heterocycles. The van der Waals surface area contributed by atoms with E-state index < -0.39 is 0 Å². The fraction of sp³-hybridized carbons (Fsp3) is 0.438. The van der Waals surface area contributed by atoms with Gasteiger partial charge in [0, 0.05) is 5.92 Å². The number of carbonyl (C=O) groups is 1. The first kappa shape index (κ1) is 13.8. The van der Waals surface area contributed by atoms with Crippen molar-refractivity contribution >= 4 is 5.97 Å². The van der Waals surface area contributed by atoms with Crippen LogP contribution in [-0.2, 0) is 16.0 Å². The number of carbonyl (C=O) groups excluding carboxylic acids is 1. The molecule has 1 aromatic carbocycles. The van der Waals surface area contributed by atoms with Gasteiger partial charge in [0.15, 0.2) is 0 Å². The molecule has 0 fully saturated rings. The van der Waals surface area contributed by atoms with Gasteiger partial charge in [-0.1, -0.05) is 36.4 Å². The molecule has 1 aromatic rings. The van der Waals surface area contributed by atoms with Crippen molar-refractivity contribution in [3.8, 4) is 0 Å². The van der Waals surface area contributed by atoms with Crippen LogP contribution in [0.4, 0.5) is 0 Å². The van der Waals surface area contributed by atoms with E-state index in [-0.39, 0.29) is 23.9 Å². The molecule has 0 bridgehead atoms. The summed E-state index contributed by atoms with van der Waals surface area (Å²) >= 11 is 0. The Kier molecular flexibility index (Phi) is 4.38. The standard InChI is InChI=1S/C16H20O3/c1-11(16(18)19-2)13-8-6-12(7-9-13)10-14-4-3-5-15(14)17/h3-4,6-9,11,14-15,17H,5,10H2,1-2H3. The first-order valence-corrected chi connectivity index (χ1v) is 6.63. The molecule has 1 aliphatic rings. The lowest BCUT2D eigenvalue weighted by molar-refractivity contribution is -0.141. The van der Waals surface area contributed by atoms with Crippen molar-refractivity contribution in [2.24, 2.45) is 5.92 Å². The Bertz CT molecular complexity index is 461. The molecule has 0 saturated carbocycles. The number of aliphatic hydroxyl groups excluding tert-OH is 1. The van der Waals surface area contributed by atoms with Gasteiger partial charge >= 0.3 is 5.97 Å². The average Bonchev–Trinajstić information content (AvgIpc) is 2.83. The highest BCUT2D eigenvalue weighted by Gasteiger charge is 2.20. The number of hydrogen-bond acceptors (Lipinski definition) is 3. The summed E-state index contributed by atoms with van der Waals surface area (Å²) in [6.45, 7) is 1.84. The fourth-order valence-corrected chi connectivity index (χ4v) is 2.43. The Balaban J connectivity index is 2.02. The summed E-state index contributed by atoms with van der Waals surface area (Å²) in [5, 5.41) is 9.77. The number of rotatable bonds is 4. The van der Waals surface area contributed by atoms with E-state index in [4.69, 9.17) is 4.74 Å². The van der Waals surface area contributed by atoms with Crippen molar-refractivity contribution in [1.29, 1.82) is 0 Å². The second-order valence-electron chi connectivity index (χ2n) is 5.09. The summed E-state index contributed by atoms with van der Waals surface area (Å²) in [7, 11) is 1.40. The molecule has 0 amide bonds. The van der Waals surface area contributed by atoms with E-state index in [0.29, 0.717) is 0 Å². The van der Waals surface area contributed by atoms with Gasteiger partial charge in [0.05, 0.1) is 19.1 Å². The molecular formula is C16H20O3. The van der Waals surface area contributed by atoms with Crippen LogP contribution < -0.4 is 0 Å². The maximum atomic E-state index is 11.5. The third-order valence-corrected chi connectivity index (χ3v) is 3.76. The van der Waals surface area contributed by atoms with Gasteiger partial charge in [0.25, 0.3) is 0 Å². The Morgan fingerprint density at radius 2 is 2.11 bits per heavy atom. The predicted octanol–water partition coefficient (Wildman–Crippen LogP) is 2.44. The predicted molar refractivity (Wildman–Crippen MR) is 73.8 cm³/mol. The minimum Gasteiger partial charge on any atom is -0.469 e. The number of hydrogen-bond donors (Lipinski definition) is 1. The summed E-state index contributed by atoms with van der Waals surface area (Å²) in [5.41, 5.74) is 2.13. The summed E-state index contributed by atoms with van der Waals surface area (Å²) in [5.74, 6) is -0.248. The Hall–Kier alpha value is -1.61. The number of aliphatic hydroxyl groups is 1. The Morgan fingerprint density at radius 3 is 2.63 bits per heavy atom. The number of ether oxygens (including phenoxy) is 1. The third-order valence-electron chi connectivity index (χ3n) is 3.76. The highest BCUT2D eigenvalue weighted by atomic mass is 16.5. The van der Waals surface area contributed by atoms with Crippen molar-refractivity contribution < 1.29 is 14.6 Å². The van der Waals surface area contributed by atoms with Crippen LogP contribution in [-0.4, -0.2) is 24.3 Å². The van der Waals surface area contributed by atoms with Gasteiger partial charge < -0.3 is 9.84 Å². The molecule has 0 heterocycles. The number of methoxy groups -OCH3 is 1. The van der Waals surface area contributed by atoms with Gasteiger partial charge in [0.1, 0.15) is 0 Å². The highest BCUT2D eigenvalue weighted by molar-refractivity contribution is 5.77. The van der Waals surface area contributed by atoms with Crippen LogP contribution in [0, 0.1) is 5.92 Å². The van der Waals surface area contributed by atoms with Crippen LogP contribution >= 0.6 is 0 Å². The van der Waals surface area contributed by atoms with E-state index in [0.717, 1.165) is 18.4 Å². The second-order valence-corrected chi connectivity index (χ2v) is 5.09. The molecular weight excluding hydrogens is 240 g/mol. The molecule has 2 rings (SSSR count). The molecule has 0 aromatic heterocycles. The van der Waals surface area contributed by atoms with Gasteiger partial charge in [-0.05, 0) is 30.9 Å². The molecule has 3 nitrogen and oxygen atoms in total. The maximum Gasteiger partial charge on any atom is 0.312 e. The van der Waals surface area contributed by atoms with Crippen LogP contribution in [0.15, 0.2) is 36.4 Å². The van der Waals surface area contributed by atoms with Crippen LogP contribution in [0.5, 0.6) is 0 Å². The topological polar surface area (TPSA) is 46.5 Å². The van der Waals surface area contributed by atoms with Gasteiger partial charge in [-0.2, -0.15) is 0 Å². The average molecular weight is 260 g/mol. The van der Waals surface area contributed by atoms with Crippen LogP contribution in [0.1, 0.15) is 30.4 Å². The molecule has 0 aliphatic heterocycles. The Morgan fingerprint density at radius 1 is 1.42 bits per heavy atom. The number of esters is 1. The molecule has 19 heavy (non-hydrogen) atoms. The van der Waals surface area contributed by atoms with Gasteiger partial charge in [-0.25, -0.2) is 0 Å². The minimum absolute atomic E-state index is 0.212. The highest BCUT2D eigenvalue weighted by Crippen LogP contribution is 2.24. The lowest BCUT2D eigenvalue weighted by atomic mass is 9.94. The lowest BCUT2D eigenvalue weighted by Gasteiger charge is -2.14. The second kappa shape index (κ2) is 6.02. The van der Waals surface area contributed by atoms with E-state index >= 15 is 0 Å². The Labute approximate surface area is 113 Å². The van der Waals surface area contributed by atoms with Crippen LogP contribution in [0.2, 0.25) is 0 Å². The molecule has 3 atom stereocenters.